The predicted molar refractivity (Wildman–Crippen MR) is 90.2 cm³/mol. The third-order valence-corrected chi connectivity index (χ3v) is 5.19. The molecular formula is C15H19ClN4O2S. The second-order valence-electron chi connectivity index (χ2n) is 5.58. The van der Waals surface area contributed by atoms with Crippen LogP contribution in [0.25, 0.3) is 0 Å². The van der Waals surface area contributed by atoms with Crippen molar-refractivity contribution in [3.05, 3.63) is 39.3 Å². The zero-order valence-electron chi connectivity index (χ0n) is 12.6. The normalized spacial score (nSPS) is 20.7. The molecule has 1 unspecified atom stereocenters. The summed E-state index contributed by atoms with van der Waals surface area (Å²) in [5.74, 6) is 0.00561. The van der Waals surface area contributed by atoms with Crippen molar-refractivity contribution in [3.8, 4) is 0 Å². The van der Waals surface area contributed by atoms with E-state index in [4.69, 9.17) is 4.74 Å². The van der Waals surface area contributed by atoms with Crippen LogP contribution in [0.4, 0.5) is 0 Å². The maximum Gasteiger partial charge on any atom is 0.274 e. The molecular weight excluding hydrogens is 336 g/mol. The highest BCUT2D eigenvalue weighted by molar-refractivity contribution is 7.10. The monoisotopic (exact) mass is 354 g/mol. The molecule has 0 saturated carbocycles. The van der Waals surface area contributed by atoms with Gasteiger partial charge in [-0.3, -0.25) is 9.89 Å². The van der Waals surface area contributed by atoms with Gasteiger partial charge >= 0.3 is 0 Å². The Kier molecular flexibility index (Phi) is 5.01. The van der Waals surface area contributed by atoms with Crippen molar-refractivity contribution in [1.29, 1.82) is 0 Å². The van der Waals surface area contributed by atoms with Crippen molar-refractivity contribution in [1.82, 2.24) is 20.4 Å². The maximum absolute atomic E-state index is 12.8. The summed E-state index contributed by atoms with van der Waals surface area (Å²) in [7, 11) is 0. The van der Waals surface area contributed by atoms with Gasteiger partial charge in [-0.25, -0.2) is 0 Å². The Morgan fingerprint density at radius 3 is 3.22 bits per heavy atom. The molecule has 2 N–H and O–H groups in total. The number of aromatic nitrogens is 2. The molecule has 6 nitrogen and oxygen atoms in total. The first-order valence-corrected chi connectivity index (χ1v) is 8.42. The minimum Gasteiger partial charge on any atom is -0.369 e. The van der Waals surface area contributed by atoms with Crippen LogP contribution in [0.2, 0.25) is 0 Å². The number of aromatic amines is 1. The van der Waals surface area contributed by atoms with Gasteiger partial charge in [0.25, 0.3) is 5.91 Å². The van der Waals surface area contributed by atoms with Gasteiger partial charge in [0.1, 0.15) is 6.10 Å². The Morgan fingerprint density at radius 2 is 2.39 bits per heavy atom. The number of carbonyl (C=O) groups is 1. The number of nitrogens with one attached hydrogen (secondary N) is 2. The summed E-state index contributed by atoms with van der Waals surface area (Å²) in [6.45, 7) is 3.43. The smallest absolute Gasteiger partial charge is 0.274 e. The van der Waals surface area contributed by atoms with E-state index in [2.05, 4.69) is 21.6 Å². The quantitative estimate of drug-likeness (QED) is 0.862. The molecule has 2 aliphatic rings. The van der Waals surface area contributed by atoms with E-state index in [0.717, 1.165) is 24.2 Å². The lowest BCUT2D eigenvalue weighted by Gasteiger charge is -2.32. The average Bonchev–Trinajstić information content (AvgIpc) is 3.24. The number of carbonyl (C=O) groups excluding carboxylic acids is 1. The highest BCUT2D eigenvalue weighted by atomic mass is 35.5. The lowest BCUT2D eigenvalue weighted by molar-refractivity contribution is -0.0214. The SMILES string of the molecule is Cl.O=C(c1n[nH]c2c1CNCC2)N1CCOC(c2cccs2)C1. The summed E-state index contributed by atoms with van der Waals surface area (Å²) in [6.07, 6.45) is 0.877. The van der Waals surface area contributed by atoms with E-state index in [1.807, 2.05) is 16.3 Å². The molecule has 0 bridgehead atoms. The van der Waals surface area contributed by atoms with Crippen molar-refractivity contribution < 1.29 is 9.53 Å². The molecule has 1 amide bonds. The standard InChI is InChI=1S/C15H18N4O2S.ClH/c20-15(14-10-8-16-4-3-11(10)17-18-14)19-5-6-21-12(9-19)13-2-1-7-22-13;/h1-2,7,12,16H,3-6,8-9H2,(H,17,18);1H. The molecule has 0 radical (unpaired) electrons. The van der Waals surface area contributed by atoms with Crippen molar-refractivity contribution in [2.45, 2.75) is 19.1 Å². The Hall–Kier alpha value is -1.41. The third kappa shape index (κ3) is 3.14. The second kappa shape index (κ2) is 7.00. The molecule has 2 aliphatic heterocycles. The first-order valence-electron chi connectivity index (χ1n) is 7.54. The highest BCUT2D eigenvalue weighted by Crippen LogP contribution is 2.27. The zero-order chi connectivity index (χ0) is 14.9. The summed E-state index contributed by atoms with van der Waals surface area (Å²) in [5, 5.41) is 12.6. The second-order valence-corrected chi connectivity index (χ2v) is 6.56. The van der Waals surface area contributed by atoms with E-state index in [9.17, 15) is 4.79 Å². The number of nitrogens with zero attached hydrogens (tertiary/aromatic N) is 2. The molecule has 2 aromatic heterocycles. The summed E-state index contributed by atoms with van der Waals surface area (Å²) >= 11 is 1.67. The van der Waals surface area contributed by atoms with E-state index in [0.29, 0.717) is 31.9 Å². The number of hydrogen-bond acceptors (Lipinski definition) is 5. The molecule has 0 aromatic carbocycles. The molecule has 0 spiro atoms. The molecule has 1 fully saturated rings. The van der Waals surface area contributed by atoms with Gasteiger partial charge in [0.15, 0.2) is 5.69 Å². The Labute approximate surface area is 144 Å². The topological polar surface area (TPSA) is 70.2 Å². The van der Waals surface area contributed by atoms with Crippen LogP contribution in [0.15, 0.2) is 17.5 Å². The fourth-order valence-electron chi connectivity index (χ4n) is 3.03. The number of thiophene rings is 1. The van der Waals surface area contributed by atoms with E-state index in [1.54, 1.807) is 11.3 Å². The molecule has 2 aromatic rings. The molecule has 4 heterocycles. The van der Waals surface area contributed by atoms with Gasteiger partial charge in [0, 0.05) is 42.2 Å². The number of H-pyrrole nitrogens is 1. The first kappa shape index (κ1) is 16.4. The fraction of sp³-hybridized carbons (Fsp3) is 0.467. The minimum atomic E-state index is -0.0226. The van der Waals surface area contributed by atoms with Gasteiger partial charge < -0.3 is 15.0 Å². The van der Waals surface area contributed by atoms with E-state index < -0.39 is 0 Å². The van der Waals surface area contributed by atoms with E-state index in [-0.39, 0.29) is 24.4 Å². The molecule has 23 heavy (non-hydrogen) atoms. The van der Waals surface area contributed by atoms with Crippen LogP contribution in [-0.2, 0) is 17.7 Å². The largest absolute Gasteiger partial charge is 0.369 e. The average molecular weight is 355 g/mol. The van der Waals surface area contributed by atoms with Gasteiger partial charge in [-0.05, 0) is 11.4 Å². The number of morpholine rings is 1. The number of ether oxygens (including phenoxy) is 1. The maximum atomic E-state index is 12.8. The van der Waals surface area contributed by atoms with Gasteiger partial charge in [-0.2, -0.15) is 5.10 Å². The fourth-order valence-corrected chi connectivity index (χ4v) is 3.80. The molecule has 0 aliphatic carbocycles. The van der Waals surface area contributed by atoms with Crippen molar-refractivity contribution in [2.24, 2.45) is 0 Å². The van der Waals surface area contributed by atoms with Crippen molar-refractivity contribution in [3.63, 3.8) is 0 Å². The minimum absolute atomic E-state index is 0. The molecule has 1 atom stereocenters. The van der Waals surface area contributed by atoms with Crippen LogP contribution in [0.5, 0.6) is 0 Å². The number of fused-ring (bicyclic) bond motifs is 1. The van der Waals surface area contributed by atoms with Crippen LogP contribution < -0.4 is 5.32 Å². The van der Waals surface area contributed by atoms with E-state index >= 15 is 0 Å². The third-order valence-electron chi connectivity index (χ3n) is 4.22. The predicted octanol–water partition coefficient (Wildman–Crippen LogP) is 1.75. The van der Waals surface area contributed by atoms with Gasteiger partial charge in [0.2, 0.25) is 0 Å². The van der Waals surface area contributed by atoms with Crippen molar-refractivity contribution >= 4 is 29.7 Å². The summed E-state index contributed by atoms with van der Waals surface area (Å²) in [4.78, 5) is 15.8. The van der Waals surface area contributed by atoms with Gasteiger partial charge in [0.05, 0.1) is 13.2 Å². The highest BCUT2D eigenvalue weighted by Gasteiger charge is 2.30. The zero-order valence-corrected chi connectivity index (χ0v) is 14.2. The van der Waals surface area contributed by atoms with Gasteiger partial charge in [-0.15, -0.1) is 23.7 Å². The molecule has 4 rings (SSSR count). The van der Waals surface area contributed by atoms with Crippen molar-refractivity contribution in [2.75, 3.05) is 26.2 Å². The molecule has 124 valence electrons. The van der Waals surface area contributed by atoms with Crippen LogP contribution in [0.1, 0.15) is 32.7 Å². The summed E-state index contributed by atoms with van der Waals surface area (Å²) in [5.41, 5.74) is 2.68. The van der Waals surface area contributed by atoms with Crippen LogP contribution in [-0.4, -0.2) is 47.2 Å². The van der Waals surface area contributed by atoms with Gasteiger partial charge in [-0.1, -0.05) is 6.07 Å². The summed E-state index contributed by atoms with van der Waals surface area (Å²) < 4.78 is 5.81. The number of hydrogen-bond donors (Lipinski definition) is 2. The Bertz CT molecular complexity index is 673. The molecule has 1 saturated heterocycles. The summed E-state index contributed by atoms with van der Waals surface area (Å²) in [6, 6.07) is 4.07. The number of amides is 1. The lowest BCUT2D eigenvalue weighted by atomic mass is 10.1. The number of halogens is 1. The van der Waals surface area contributed by atoms with Crippen LogP contribution in [0, 0.1) is 0 Å². The van der Waals surface area contributed by atoms with Crippen LogP contribution >= 0.6 is 23.7 Å². The Balaban J connectivity index is 0.00000156. The first-order chi connectivity index (χ1) is 10.8. The lowest BCUT2D eigenvalue weighted by Crippen LogP contribution is -2.42. The van der Waals surface area contributed by atoms with Crippen LogP contribution in [0.3, 0.4) is 0 Å². The van der Waals surface area contributed by atoms with E-state index in [1.165, 1.54) is 4.88 Å². The Morgan fingerprint density at radius 1 is 1.48 bits per heavy atom. The number of rotatable bonds is 2. The molecule has 8 heteroatoms.